The average molecular weight is 395 g/mol. The Morgan fingerprint density at radius 3 is 2.24 bits per heavy atom. The summed E-state index contributed by atoms with van der Waals surface area (Å²) in [6.45, 7) is 5.72. The van der Waals surface area contributed by atoms with E-state index in [4.69, 9.17) is 4.74 Å². The van der Waals surface area contributed by atoms with Crippen LogP contribution in [0.5, 0.6) is 0 Å². The number of rotatable bonds is 5. The van der Waals surface area contributed by atoms with E-state index < -0.39 is 0 Å². The first-order valence-electron chi connectivity index (χ1n) is 9.64. The largest absolute Gasteiger partial charge is 0.378 e. The van der Waals surface area contributed by atoms with Gasteiger partial charge in [-0.05, 0) is 36.4 Å². The fourth-order valence-corrected chi connectivity index (χ4v) is 2.90. The molecule has 1 aliphatic heterocycles. The lowest BCUT2D eigenvalue weighted by molar-refractivity contribution is -0.118. The van der Waals surface area contributed by atoms with Gasteiger partial charge in [0.15, 0.2) is 0 Å². The molecule has 2 aromatic rings. The van der Waals surface area contributed by atoms with Crippen molar-refractivity contribution in [1.82, 2.24) is 4.90 Å². The molecule has 29 heavy (non-hydrogen) atoms. The van der Waals surface area contributed by atoms with Crippen LogP contribution < -0.4 is 10.6 Å². The second kappa shape index (κ2) is 9.34. The van der Waals surface area contributed by atoms with E-state index in [0.29, 0.717) is 48.8 Å². The summed E-state index contributed by atoms with van der Waals surface area (Å²) in [5, 5.41) is 5.61. The molecule has 0 radical (unpaired) electrons. The van der Waals surface area contributed by atoms with Crippen LogP contribution in [0.2, 0.25) is 0 Å². The van der Waals surface area contributed by atoms with Gasteiger partial charge in [0.1, 0.15) is 0 Å². The number of hydrogen-bond donors (Lipinski definition) is 2. The second-order valence-corrected chi connectivity index (χ2v) is 7.13. The molecular formula is C22H25N3O4. The van der Waals surface area contributed by atoms with E-state index in [2.05, 4.69) is 10.6 Å². The van der Waals surface area contributed by atoms with Crippen molar-refractivity contribution in [3.8, 4) is 0 Å². The number of carbonyl (C=O) groups is 3. The minimum absolute atomic E-state index is 0.0854. The van der Waals surface area contributed by atoms with Crippen molar-refractivity contribution in [3.63, 3.8) is 0 Å². The average Bonchev–Trinajstić information content (AvgIpc) is 2.74. The number of para-hydroxylation sites is 1. The van der Waals surface area contributed by atoms with Crippen molar-refractivity contribution in [2.75, 3.05) is 36.9 Å². The molecule has 1 saturated heterocycles. The molecule has 2 N–H and O–H groups in total. The number of morpholine rings is 1. The molecule has 0 aliphatic carbocycles. The van der Waals surface area contributed by atoms with Gasteiger partial charge in [0.2, 0.25) is 5.91 Å². The SMILES string of the molecule is CC(C)C(=O)Nc1ccc(C(=O)Nc2ccccc2C(=O)N2CCOCC2)cc1. The highest BCUT2D eigenvalue weighted by Crippen LogP contribution is 2.20. The van der Waals surface area contributed by atoms with Crippen LogP contribution in [0, 0.1) is 5.92 Å². The number of benzene rings is 2. The van der Waals surface area contributed by atoms with Crippen molar-refractivity contribution in [1.29, 1.82) is 0 Å². The van der Waals surface area contributed by atoms with Gasteiger partial charge in [0.05, 0.1) is 24.5 Å². The predicted molar refractivity (Wildman–Crippen MR) is 111 cm³/mol. The summed E-state index contributed by atoms with van der Waals surface area (Å²) < 4.78 is 5.30. The van der Waals surface area contributed by atoms with Gasteiger partial charge in [-0.25, -0.2) is 0 Å². The first-order valence-corrected chi connectivity index (χ1v) is 9.64. The lowest BCUT2D eigenvalue weighted by atomic mass is 10.1. The molecule has 0 saturated carbocycles. The van der Waals surface area contributed by atoms with Crippen LogP contribution in [-0.2, 0) is 9.53 Å². The highest BCUT2D eigenvalue weighted by molar-refractivity contribution is 6.09. The number of anilines is 2. The van der Waals surface area contributed by atoms with Gasteiger partial charge < -0.3 is 20.3 Å². The third kappa shape index (κ3) is 5.20. The molecule has 7 heteroatoms. The first-order chi connectivity index (χ1) is 14.0. The number of nitrogens with zero attached hydrogens (tertiary/aromatic N) is 1. The molecule has 1 aliphatic rings. The number of nitrogens with one attached hydrogen (secondary N) is 2. The zero-order valence-corrected chi connectivity index (χ0v) is 16.6. The summed E-state index contributed by atoms with van der Waals surface area (Å²) in [5.41, 5.74) is 1.97. The lowest BCUT2D eigenvalue weighted by Crippen LogP contribution is -2.41. The van der Waals surface area contributed by atoms with Gasteiger partial charge in [0, 0.05) is 30.3 Å². The predicted octanol–water partition coefficient (Wildman–Crippen LogP) is 3.01. The van der Waals surface area contributed by atoms with Gasteiger partial charge in [-0.3, -0.25) is 14.4 Å². The van der Waals surface area contributed by atoms with Crippen LogP contribution in [0.4, 0.5) is 11.4 Å². The van der Waals surface area contributed by atoms with Crippen molar-refractivity contribution in [2.24, 2.45) is 5.92 Å². The van der Waals surface area contributed by atoms with Crippen LogP contribution in [0.15, 0.2) is 48.5 Å². The zero-order chi connectivity index (χ0) is 20.8. The summed E-state index contributed by atoms with van der Waals surface area (Å²) in [7, 11) is 0. The Bertz CT molecular complexity index is 887. The van der Waals surface area contributed by atoms with Gasteiger partial charge in [-0.1, -0.05) is 26.0 Å². The normalized spacial score (nSPS) is 13.8. The minimum Gasteiger partial charge on any atom is -0.378 e. The van der Waals surface area contributed by atoms with E-state index >= 15 is 0 Å². The summed E-state index contributed by atoms with van der Waals surface area (Å²) in [4.78, 5) is 39.0. The zero-order valence-electron chi connectivity index (χ0n) is 16.6. The molecule has 1 fully saturated rings. The van der Waals surface area contributed by atoms with E-state index in [1.54, 1.807) is 53.4 Å². The molecule has 3 rings (SSSR count). The first kappa shape index (κ1) is 20.5. The molecule has 0 spiro atoms. The van der Waals surface area contributed by atoms with Crippen molar-refractivity contribution in [3.05, 3.63) is 59.7 Å². The fraction of sp³-hybridized carbons (Fsp3) is 0.318. The van der Waals surface area contributed by atoms with Crippen LogP contribution in [-0.4, -0.2) is 48.9 Å². The second-order valence-electron chi connectivity index (χ2n) is 7.13. The molecular weight excluding hydrogens is 370 g/mol. The van der Waals surface area contributed by atoms with E-state index in [1.165, 1.54) is 0 Å². The highest BCUT2D eigenvalue weighted by Gasteiger charge is 2.21. The molecule has 0 aromatic heterocycles. The number of hydrogen-bond acceptors (Lipinski definition) is 4. The van der Waals surface area contributed by atoms with Gasteiger partial charge in [-0.15, -0.1) is 0 Å². The Morgan fingerprint density at radius 1 is 0.931 bits per heavy atom. The Hall–Kier alpha value is -3.19. The third-order valence-electron chi connectivity index (χ3n) is 4.64. The standard InChI is InChI=1S/C22H25N3O4/c1-15(2)20(26)23-17-9-7-16(8-10-17)21(27)24-19-6-4-3-5-18(19)22(28)25-11-13-29-14-12-25/h3-10,15H,11-14H2,1-2H3,(H,23,26)(H,24,27). The Balaban J connectivity index is 1.71. The van der Waals surface area contributed by atoms with E-state index in [-0.39, 0.29) is 23.6 Å². The molecule has 2 aromatic carbocycles. The van der Waals surface area contributed by atoms with Crippen LogP contribution in [0.1, 0.15) is 34.6 Å². The summed E-state index contributed by atoms with van der Waals surface area (Å²) in [6, 6.07) is 13.6. The number of ether oxygens (including phenoxy) is 1. The topological polar surface area (TPSA) is 87.7 Å². The van der Waals surface area contributed by atoms with Crippen molar-refractivity contribution in [2.45, 2.75) is 13.8 Å². The van der Waals surface area contributed by atoms with Gasteiger partial charge in [0.25, 0.3) is 11.8 Å². The Morgan fingerprint density at radius 2 is 1.59 bits per heavy atom. The molecule has 0 bridgehead atoms. The smallest absolute Gasteiger partial charge is 0.256 e. The minimum atomic E-state index is -0.325. The maximum atomic E-state index is 12.8. The maximum absolute atomic E-state index is 12.8. The highest BCUT2D eigenvalue weighted by atomic mass is 16.5. The molecule has 152 valence electrons. The number of amides is 3. The molecule has 7 nitrogen and oxygen atoms in total. The molecule has 1 heterocycles. The van der Waals surface area contributed by atoms with E-state index in [0.717, 1.165) is 0 Å². The van der Waals surface area contributed by atoms with Gasteiger partial charge in [-0.2, -0.15) is 0 Å². The Kier molecular flexibility index (Phi) is 6.61. The van der Waals surface area contributed by atoms with E-state index in [1.807, 2.05) is 13.8 Å². The number of carbonyl (C=O) groups excluding carboxylic acids is 3. The van der Waals surface area contributed by atoms with Crippen LogP contribution in [0.25, 0.3) is 0 Å². The maximum Gasteiger partial charge on any atom is 0.256 e. The lowest BCUT2D eigenvalue weighted by Gasteiger charge is -2.27. The summed E-state index contributed by atoms with van der Waals surface area (Å²) in [6.07, 6.45) is 0. The molecule has 3 amide bonds. The summed E-state index contributed by atoms with van der Waals surface area (Å²) in [5.74, 6) is -0.666. The van der Waals surface area contributed by atoms with Gasteiger partial charge >= 0.3 is 0 Å². The van der Waals surface area contributed by atoms with Crippen molar-refractivity contribution < 1.29 is 19.1 Å². The molecule has 0 atom stereocenters. The fourth-order valence-electron chi connectivity index (χ4n) is 2.90. The van der Waals surface area contributed by atoms with Crippen LogP contribution >= 0.6 is 0 Å². The third-order valence-corrected chi connectivity index (χ3v) is 4.64. The monoisotopic (exact) mass is 395 g/mol. The van der Waals surface area contributed by atoms with E-state index in [9.17, 15) is 14.4 Å². The van der Waals surface area contributed by atoms with Crippen molar-refractivity contribution >= 4 is 29.1 Å². The Labute approximate surface area is 170 Å². The quantitative estimate of drug-likeness (QED) is 0.815. The van der Waals surface area contributed by atoms with Crippen LogP contribution in [0.3, 0.4) is 0 Å². The molecule has 0 unspecified atom stereocenters. The summed E-state index contributed by atoms with van der Waals surface area (Å²) >= 11 is 0.